The Hall–Kier alpha value is -0.920. The van der Waals surface area contributed by atoms with Crippen molar-refractivity contribution in [3.8, 4) is 0 Å². The van der Waals surface area contributed by atoms with Crippen molar-refractivity contribution >= 4 is 31.7 Å². The number of carbonyl (C=O) groups excluding carboxylic acids is 1. The second kappa shape index (κ2) is 8.51. The zero-order valence-electron chi connectivity index (χ0n) is 12.4. The molecule has 0 saturated heterocycles. The molecule has 0 aliphatic heterocycles. The molecular formula is C14H22BrN2O3S+. The molecule has 0 saturated carbocycles. The van der Waals surface area contributed by atoms with Crippen molar-refractivity contribution in [2.24, 2.45) is 0 Å². The van der Waals surface area contributed by atoms with Gasteiger partial charge in [0.05, 0.1) is 18.5 Å². The summed E-state index contributed by atoms with van der Waals surface area (Å²) >= 11 is 3.28. The third-order valence-corrected chi connectivity index (χ3v) is 5.27. The average Bonchev–Trinajstić information content (AvgIpc) is 2.43. The van der Waals surface area contributed by atoms with Crippen molar-refractivity contribution < 1.29 is 18.1 Å². The first-order valence-corrected chi connectivity index (χ1v) is 9.36. The summed E-state index contributed by atoms with van der Waals surface area (Å²) in [6.45, 7) is 3.33. The van der Waals surface area contributed by atoms with E-state index in [9.17, 15) is 13.2 Å². The minimum atomic E-state index is -3.30. The maximum absolute atomic E-state index is 12.2. The van der Waals surface area contributed by atoms with Crippen LogP contribution in [-0.4, -0.2) is 46.8 Å². The summed E-state index contributed by atoms with van der Waals surface area (Å²) in [6, 6.07) is 6.59. The molecule has 0 aliphatic rings. The highest BCUT2D eigenvalue weighted by molar-refractivity contribution is 9.10. The quantitative estimate of drug-likeness (QED) is 0.682. The molecule has 0 heterocycles. The van der Waals surface area contributed by atoms with Crippen molar-refractivity contribution in [2.45, 2.75) is 18.2 Å². The van der Waals surface area contributed by atoms with E-state index in [0.29, 0.717) is 18.0 Å². The van der Waals surface area contributed by atoms with Gasteiger partial charge in [0, 0.05) is 11.0 Å². The molecule has 1 atom stereocenters. The van der Waals surface area contributed by atoms with Gasteiger partial charge in [-0.3, -0.25) is 4.79 Å². The van der Waals surface area contributed by atoms with Crippen LogP contribution >= 0.6 is 15.9 Å². The molecule has 5 nitrogen and oxygen atoms in total. The van der Waals surface area contributed by atoms with Crippen LogP contribution in [0.4, 0.5) is 0 Å². The van der Waals surface area contributed by atoms with Gasteiger partial charge in [-0.25, -0.2) is 8.42 Å². The van der Waals surface area contributed by atoms with Gasteiger partial charge >= 0.3 is 0 Å². The van der Waals surface area contributed by atoms with E-state index in [0.717, 1.165) is 15.8 Å². The van der Waals surface area contributed by atoms with Crippen molar-refractivity contribution in [2.75, 3.05) is 32.4 Å². The number of halogens is 1. The topological polar surface area (TPSA) is 67.7 Å². The molecule has 0 fully saturated rings. The van der Waals surface area contributed by atoms with Crippen molar-refractivity contribution in [1.29, 1.82) is 0 Å². The predicted molar refractivity (Wildman–Crippen MR) is 86.1 cm³/mol. The Kier molecular flexibility index (Phi) is 7.34. The Labute approximate surface area is 134 Å². The monoisotopic (exact) mass is 377 g/mol. The van der Waals surface area contributed by atoms with Gasteiger partial charge < -0.3 is 10.2 Å². The number of sulfone groups is 1. The Morgan fingerprint density at radius 2 is 1.90 bits per heavy atom. The van der Waals surface area contributed by atoms with Crippen LogP contribution in [0.3, 0.4) is 0 Å². The summed E-state index contributed by atoms with van der Waals surface area (Å²) < 4.78 is 25.2. The van der Waals surface area contributed by atoms with E-state index in [-0.39, 0.29) is 18.2 Å². The van der Waals surface area contributed by atoms with E-state index in [1.807, 2.05) is 14.0 Å². The van der Waals surface area contributed by atoms with Crippen LogP contribution in [0.5, 0.6) is 0 Å². The van der Waals surface area contributed by atoms with Crippen molar-refractivity contribution in [1.82, 2.24) is 5.32 Å². The third-order valence-electron chi connectivity index (χ3n) is 3.00. The van der Waals surface area contributed by atoms with Crippen LogP contribution in [-0.2, 0) is 14.6 Å². The Bertz CT molecular complexity index is 558. The maximum Gasteiger partial charge on any atom is 0.275 e. The number of quaternary nitrogens is 1. The van der Waals surface area contributed by atoms with Crippen LogP contribution in [0.25, 0.3) is 0 Å². The molecule has 0 aromatic heterocycles. The minimum Gasteiger partial charge on any atom is -0.351 e. The van der Waals surface area contributed by atoms with Crippen LogP contribution in [0, 0.1) is 0 Å². The maximum atomic E-state index is 12.2. The number of carbonyl (C=O) groups is 1. The van der Waals surface area contributed by atoms with E-state index in [2.05, 4.69) is 21.2 Å². The SMILES string of the molecule is CCCNC(=O)C[NH+](C)CCS(=O)(=O)c1ccc(Br)cc1. The van der Waals surface area contributed by atoms with Gasteiger partial charge in [0.25, 0.3) is 5.91 Å². The minimum absolute atomic E-state index is 0.0293. The van der Waals surface area contributed by atoms with Crippen LogP contribution in [0.1, 0.15) is 13.3 Å². The largest absolute Gasteiger partial charge is 0.351 e. The van der Waals surface area contributed by atoms with Gasteiger partial charge in [0.1, 0.15) is 5.75 Å². The number of hydrogen-bond acceptors (Lipinski definition) is 3. The van der Waals surface area contributed by atoms with E-state index in [1.54, 1.807) is 24.3 Å². The second-order valence-corrected chi connectivity index (χ2v) is 8.03. The Morgan fingerprint density at radius 1 is 1.29 bits per heavy atom. The summed E-state index contributed by atoms with van der Waals surface area (Å²) in [7, 11) is -1.48. The van der Waals surface area contributed by atoms with Gasteiger partial charge in [-0.1, -0.05) is 22.9 Å². The molecule has 0 radical (unpaired) electrons. The van der Waals surface area contributed by atoms with Crippen LogP contribution in [0.15, 0.2) is 33.6 Å². The molecule has 0 bridgehead atoms. The first-order valence-electron chi connectivity index (χ1n) is 6.91. The number of amides is 1. The van der Waals surface area contributed by atoms with Gasteiger partial charge in [-0.2, -0.15) is 0 Å². The molecule has 1 unspecified atom stereocenters. The second-order valence-electron chi connectivity index (χ2n) is 5.01. The molecule has 1 aromatic rings. The Morgan fingerprint density at radius 3 is 2.48 bits per heavy atom. The van der Waals surface area contributed by atoms with Gasteiger partial charge in [0.15, 0.2) is 16.4 Å². The number of rotatable bonds is 8. The molecular weight excluding hydrogens is 356 g/mol. The lowest BCUT2D eigenvalue weighted by Crippen LogP contribution is -3.10. The van der Waals surface area contributed by atoms with E-state index in [4.69, 9.17) is 0 Å². The summed E-state index contributed by atoms with van der Waals surface area (Å²) in [5, 5.41) is 2.78. The number of nitrogens with one attached hydrogen (secondary N) is 2. The molecule has 21 heavy (non-hydrogen) atoms. The van der Waals surface area contributed by atoms with Gasteiger partial charge in [-0.15, -0.1) is 0 Å². The molecule has 2 N–H and O–H groups in total. The fraction of sp³-hybridized carbons (Fsp3) is 0.500. The summed E-state index contributed by atoms with van der Waals surface area (Å²) in [5.74, 6) is -0.0166. The molecule has 7 heteroatoms. The average molecular weight is 378 g/mol. The van der Waals surface area contributed by atoms with Crippen LogP contribution < -0.4 is 10.2 Å². The van der Waals surface area contributed by atoms with Gasteiger partial charge in [0.2, 0.25) is 0 Å². The molecule has 0 spiro atoms. The molecule has 1 amide bonds. The lowest BCUT2D eigenvalue weighted by molar-refractivity contribution is -0.868. The first kappa shape index (κ1) is 18.1. The standard InChI is InChI=1S/C14H21BrN2O3S/c1-3-8-16-14(18)11-17(2)9-10-21(19,20)13-6-4-12(15)5-7-13/h4-7H,3,8-11H2,1-2H3,(H,16,18)/p+1. The number of benzene rings is 1. The smallest absolute Gasteiger partial charge is 0.275 e. The fourth-order valence-electron chi connectivity index (χ4n) is 1.76. The molecule has 0 aliphatic carbocycles. The van der Waals surface area contributed by atoms with E-state index < -0.39 is 9.84 Å². The summed E-state index contributed by atoms with van der Waals surface area (Å²) in [4.78, 5) is 12.8. The number of likely N-dealkylation sites (N-methyl/N-ethyl adjacent to an activating group) is 1. The van der Waals surface area contributed by atoms with E-state index >= 15 is 0 Å². The normalized spacial score (nSPS) is 12.9. The molecule has 1 aromatic carbocycles. The predicted octanol–water partition coefficient (Wildman–Crippen LogP) is 0.264. The van der Waals surface area contributed by atoms with Crippen LogP contribution in [0.2, 0.25) is 0 Å². The van der Waals surface area contributed by atoms with E-state index in [1.165, 1.54) is 0 Å². The zero-order valence-corrected chi connectivity index (χ0v) is 14.8. The Balaban J connectivity index is 2.49. The highest BCUT2D eigenvalue weighted by Crippen LogP contribution is 2.15. The molecule has 118 valence electrons. The van der Waals surface area contributed by atoms with Gasteiger partial charge in [-0.05, 0) is 30.7 Å². The highest BCUT2D eigenvalue weighted by atomic mass is 79.9. The highest BCUT2D eigenvalue weighted by Gasteiger charge is 2.18. The lowest BCUT2D eigenvalue weighted by Gasteiger charge is -2.13. The third kappa shape index (κ3) is 6.58. The van der Waals surface area contributed by atoms with Crippen molar-refractivity contribution in [3.05, 3.63) is 28.7 Å². The fourth-order valence-corrected chi connectivity index (χ4v) is 3.43. The summed E-state index contributed by atoms with van der Waals surface area (Å²) in [5.41, 5.74) is 0. The summed E-state index contributed by atoms with van der Waals surface area (Å²) in [6.07, 6.45) is 0.892. The lowest BCUT2D eigenvalue weighted by atomic mass is 10.4. The molecule has 1 rings (SSSR count). The zero-order chi connectivity index (χ0) is 15.9. The van der Waals surface area contributed by atoms with Crippen molar-refractivity contribution in [3.63, 3.8) is 0 Å². The first-order chi connectivity index (χ1) is 9.85. The number of hydrogen-bond donors (Lipinski definition) is 2.